The van der Waals surface area contributed by atoms with Crippen LogP contribution in [0.5, 0.6) is 0 Å². The Hall–Kier alpha value is -0.130. The largest absolute Gasteiger partial charge is 0.396 e. The topological polar surface area (TPSA) is 66.4 Å². The van der Waals surface area contributed by atoms with Gasteiger partial charge in [-0.05, 0) is 19.4 Å². The maximum absolute atomic E-state index is 11.3. The van der Waals surface area contributed by atoms with Crippen LogP contribution in [0.25, 0.3) is 0 Å². The van der Waals surface area contributed by atoms with E-state index in [9.17, 15) is 13.5 Å². The minimum atomic E-state index is -2.86. The molecule has 2 aliphatic heterocycles. The number of hydrogen-bond acceptors (Lipinski definition) is 4. The number of nitrogens with one attached hydrogen (secondary N) is 1. The first-order valence-corrected chi connectivity index (χ1v) is 6.45. The normalized spacial score (nSPS) is 43.0. The van der Waals surface area contributed by atoms with E-state index in [1.54, 1.807) is 0 Å². The van der Waals surface area contributed by atoms with Crippen molar-refractivity contribution in [3.63, 3.8) is 0 Å². The van der Waals surface area contributed by atoms with Crippen LogP contribution in [-0.2, 0) is 9.84 Å². The van der Waals surface area contributed by atoms with Crippen molar-refractivity contribution in [2.24, 2.45) is 5.41 Å². The van der Waals surface area contributed by atoms with Gasteiger partial charge in [-0.3, -0.25) is 0 Å². The Bertz CT molecular complexity index is 301. The van der Waals surface area contributed by atoms with Crippen molar-refractivity contribution in [1.82, 2.24) is 5.32 Å². The van der Waals surface area contributed by atoms with Crippen molar-refractivity contribution >= 4 is 9.84 Å². The highest BCUT2D eigenvalue weighted by atomic mass is 32.2. The average molecular weight is 205 g/mol. The van der Waals surface area contributed by atoms with E-state index in [4.69, 9.17) is 0 Å². The zero-order valence-electron chi connectivity index (χ0n) is 7.49. The quantitative estimate of drug-likeness (QED) is 0.585. The molecule has 2 saturated heterocycles. The zero-order valence-corrected chi connectivity index (χ0v) is 8.31. The molecule has 2 N–H and O–H groups in total. The molecule has 76 valence electrons. The van der Waals surface area contributed by atoms with Crippen molar-refractivity contribution in [2.45, 2.75) is 18.9 Å². The predicted molar refractivity (Wildman–Crippen MR) is 49.2 cm³/mol. The maximum atomic E-state index is 11.3. The highest BCUT2D eigenvalue weighted by Crippen LogP contribution is 2.38. The fourth-order valence-electron chi connectivity index (χ4n) is 2.39. The van der Waals surface area contributed by atoms with Gasteiger partial charge in [-0.2, -0.15) is 0 Å². The van der Waals surface area contributed by atoms with Gasteiger partial charge in [0.15, 0.2) is 9.84 Å². The number of fused-ring (bicyclic) bond motifs is 1. The SMILES string of the molecule is O=S1(=O)CCC2(CO)CCNC2C1. The number of sulfone groups is 1. The van der Waals surface area contributed by atoms with Gasteiger partial charge in [0.1, 0.15) is 0 Å². The smallest absolute Gasteiger partial charge is 0.151 e. The fourth-order valence-corrected chi connectivity index (χ4v) is 4.25. The van der Waals surface area contributed by atoms with Gasteiger partial charge in [0.05, 0.1) is 18.1 Å². The molecule has 0 aromatic carbocycles. The van der Waals surface area contributed by atoms with E-state index in [0.29, 0.717) is 6.42 Å². The summed E-state index contributed by atoms with van der Waals surface area (Å²) in [5.74, 6) is 0.444. The Morgan fingerprint density at radius 1 is 1.46 bits per heavy atom. The van der Waals surface area contributed by atoms with E-state index in [0.717, 1.165) is 13.0 Å². The molecule has 0 aromatic rings. The third-order valence-corrected chi connectivity index (χ3v) is 5.07. The molecule has 0 bridgehead atoms. The van der Waals surface area contributed by atoms with Gasteiger partial charge < -0.3 is 10.4 Å². The van der Waals surface area contributed by atoms with Gasteiger partial charge in [0, 0.05) is 11.5 Å². The molecule has 13 heavy (non-hydrogen) atoms. The first-order valence-electron chi connectivity index (χ1n) is 4.63. The van der Waals surface area contributed by atoms with Crippen LogP contribution in [0.4, 0.5) is 0 Å². The van der Waals surface area contributed by atoms with Crippen molar-refractivity contribution in [3.8, 4) is 0 Å². The summed E-state index contributed by atoms with van der Waals surface area (Å²) in [5, 5.41) is 12.5. The third-order valence-electron chi connectivity index (χ3n) is 3.40. The summed E-state index contributed by atoms with van der Waals surface area (Å²) in [6.45, 7) is 0.945. The Balaban J connectivity index is 2.23. The molecule has 2 atom stereocenters. The molecular formula is C8H15NO3S. The van der Waals surface area contributed by atoms with Crippen LogP contribution in [0.15, 0.2) is 0 Å². The second kappa shape index (κ2) is 2.93. The van der Waals surface area contributed by atoms with Gasteiger partial charge in [0.25, 0.3) is 0 Å². The summed E-state index contributed by atoms with van der Waals surface area (Å²) >= 11 is 0. The van der Waals surface area contributed by atoms with E-state index in [1.165, 1.54) is 0 Å². The van der Waals surface area contributed by atoms with E-state index >= 15 is 0 Å². The van der Waals surface area contributed by atoms with Crippen molar-refractivity contribution in [1.29, 1.82) is 0 Å². The monoisotopic (exact) mass is 205 g/mol. The second-order valence-electron chi connectivity index (χ2n) is 4.14. The third kappa shape index (κ3) is 1.49. The number of rotatable bonds is 1. The van der Waals surface area contributed by atoms with Crippen molar-refractivity contribution in [3.05, 3.63) is 0 Å². The maximum Gasteiger partial charge on any atom is 0.151 e. The fraction of sp³-hybridized carbons (Fsp3) is 1.00. The molecular weight excluding hydrogens is 190 g/mol. The van der Waals surface area contributed by atoms with Gasteiger partial charge in [-0.1, -0.05) is 0 Å². The summed E-state index contributed by atoms with van der Waals surface area (Å²) in [6.07, 6.45) is 1.52. The van der Waals surface area contributed by atoms with E-state index in [1.807, 2.05) is 0 Å². The lowest BCUT2D eigenvalue weighted by atomic mass is 9.79. The van der Waals surface area contributed by atoms with Crippen LogP contribution in [0.3, 0.4) is 0 Å². The van der Waals surface area contributed by atoms with E-state index in [-0.39, 0.29) is 29.6 Å². The molecule has 0 amide bonds. The molecule has 2 heterocycles. The average Bonchev–Trinajstić information content (AvgIpc) is 2.46. The van der Waals surface area contributed by atoms with Gasteiger partial charge in [-0.25, -0.2) is 8.42 Å². The van der Waals surface area contributed by atoms with Crippen LogP contribution in [0, 0.1) is 5.41 Å². The van der Waals surface area contributed by atoms with Crippen LogP contribution >= 0.6 is 0 Å². The van der Waals surface area contributed by atoms with E-state index < -0.39 is 9.84 Å². The van der Waals surface area contributed by atoms with Gasteiger partial charge >= 0.3 is 0 Å². The first kappa shape index (κ1) is 9.43. The number of aliphatic hydroxyl groups excluding tert-OH is 1. The van der Waals surface area contributed by atoms with Gasteiger partial charge in [-0.15, -0.1) is 0 Å². The number of hydrogen-bond donors (Lipinski definition) is 2. The Morgan fingerprint density at radius 2 is 2.23 bits per heavy atom. The summed E-state index contributed by atoms with van der Waals surface area (Å²) < 4.78 is 22.7. The lowest BCUT2D eigenvalue weighted by molar-refractivity contribution is 0.108. The molecule has 0 aliphatic carbocycles. The second-order valence-corrected chi connectivity index (χ2v) is 6.37. The minimum absolute atomic E-state index is 0.0174. The molecule has 5 heteroatoms. The van der Waals surface area contributed by atoms with Gasteiger partial charge in [0.2, 0.25) is 0 Å². The summed E-state index contributed by atoms with van der Waals surface area (Å²) in [7, 11) is -2.86. The highest BCUT2D eigenvalue weighted by molar-refractivity contribution is 7.91. The summed E-state index contributed by atoms with van der Waals surface area (Å²) in [6, 6.07) is -0.0174. The molecule has 2 unspecified atom stereocenters. The van der Waals surface area contributed by atoms with Crippen molar-refractivity contribution < 1.29 is 13.5 Å². The number of aliphatic hydroxyl groups is 1. The Morgan fingerprint density at radius 3 is 2.92 bits per heavy atom. The predicted octanol–water partition coefficient (Wildman–Crippen LogP) is -0.854. The highest BCUT2D eigenvalue weighted by Gasteiger charge is 2.47. The molecule has 0 aromatic heterocycles. The molecule has 0 saturated carbocycles. The minimum Gasteiger partial charge on any atom is -0.396 e. The molecule has 2 rings (SSSR count). The zero-order chi connectivity index (χ0) is 9.53. The molecule has 2 aliphatic rings. The summed E-state index contributed by atoms with van der Waals surface area (Å²) in [4.78, 5) is 0. The first-order chi connectivity index (χ1) is 6.08. The lowest BCUT2D eigenvalue weighted by Gasteiger charge is -2.36. The van der Waals surface area contributed by atoms with Crippen LogP contribution in [0.2, 0.25) is 0 Å². The lowest BCUT2D eigenvalue weighted by Crippen LogP contribution is -2.49. The van der Waals surface area contributed by atoms with Crippen LogP contribution < -0.4 is 5.32 Å². The van der Waals surface area contributed by atoms with Crippen LogP contribution in [-0.4, -0.2) is 44.2 Å². The Labute approximate surface area is 78.3 Å². The standard InChI is InChI=1S/C8H15NO3S/c10-6-8-1-3-9-7(8)5-13(11,12)4-2-8/h7,9-10H,1-6H2. The van der Waals surface area contributed by atoms with E-state index in [2.05, 4.69) is 5.32 Å². The molecule has 0 spiro atoms. The van der Waals surface area contributed by atoms with Crippen LogP contribution in [0.1, 0.15) is 12.8 Å². The summed E-state index contributed by atoms with van der Waals surface area (Å²) in [5.41, 5.74) is -0.147. The van der Waals surface area contributed by atoms with Crippen molar-refractivity contribution in [2.75, 3.05) is 24.7 Å². The molecule has 2 fully saturated rings. The molecule has 0 radical (unpaired) electrons. The Kier molecular flexibility index (Phi) is 2.13. The molecule has 4 nitrogen and oxygen atoms in total.